The molecule has 0 aliphatic heterocycles. The molecular formula is C15H34N6O4. The van der Waals surface area contributed by atoms with E-state index in [2.05, 4.69) is 16.4 Å². The minimum atomic E-state index is -0.495. The molecule has 0 radical (unpaired) electrons. The predicted octanol–water partition coefficient (Wildman–Crippen LogP) is 0.480. The maximum absolute atomic E-state index is 9.48. The fraction of sp³-hybridized carbons (Fsp3) is 0.667. The quantitative estimate of drug-likeness (QED) is 0.233. The van der Waals surface area contributed by atoms with Crippen molar-refractivity contribution in [3.63, 3.8) is 0 Å². The van der Waals surface area contributed by atoms with Crippen LogP contribution in [-0.4, -0.2) is 50.3 Å². The summed E-state index contributed by atoms with van der Waals surface area (Å²) in [4.78, 5) is 18.3. The van der Waals surface area contributed by atoms with Crippen molar-refractivity contribution < 1.29 is 19.8 Å². The van der Waals surface area contributed by atoms with Gasteiger partial charge in [0.25, 0.3) is 0 Å². The number of aliphatic hydroxyl groups excluding tert-OH is 2. The van der Waals surface area contributed by atoms with Gasteiger partial charge in [-0.1, -0.05) is 13.8 Å². The van der Waals surface area contributed by atoms with Crippen molar-refractivity contribution in [2.75, 3.05) is 27.8 Å². The first-order valence-electron chi connectivity index (χ1n) is 7.10. The third-order valence-corrected chi connectivity index (χ3v) is 0.746. The van der Waals surface area contributed by atoms with E-state index in [1.165, 1.54) is 14.0 Å². The van der Waals surface area contributed by atoms with Crippen LogP contribution >= 0.6 is 0 Å². The monoisotopic (exact) mass is 362 g/mol. The molecule has 6 N–H and O–H groups in total. The van der Waals surface area contributed by atoms with Gasteiger partial charge in [0.2, 0.25) is 0 Å². The zero-order valence-corrected chi connectivity index (χ0v) is 16.5. The molecule has 0 unspecified atom stereocenters. The highest BCUT2D eigenvalue weighted by Gasteiger charge is 1.88. The van der Waals surface area contributed by atoms with Gasteiger partial charge in [0, 0.05) is 27.8 Å². The van der Waals surface area contributed by atoms with Gasteiger partial charge >= 0.3 is 6.03 Å². The first kappa shape index (κ1) is 43.2. The van der Waals surface area contributed by atoms with E-state index < -0.39 is 11.9 Å². The number of hydrogen-bond acceptors (Lipinski definition) is 8. The number of aliphatic hydroxyl groups is 2. The van der Waals surface area contributed by atoms with Crippen molar-refractivity contribution in [2.24, 2.45) is 11.7 Å². The number of urea groups is 1. The second-order valence-corrected chi connectivity index (χ2v) is 2.51. The van der Waals surface area contributed by atoms with Crippen LogP contribution in [0.2, 0.25) is 0 Å². The number of nitrogens with zero attached hydrogens (tertiary/aromatic N) is 3. The molecule has 0 saturated carbocycles. The molecule has 0 rings (SSSR count). The Morgan fingerprint density at radius 1 is 1.20 bits per heavy atom. The van der Waals surface area contributed by atoms with Gasteiger partial charge in [-0.25, -0.2) is 4.79 Å². The van der Waals surface area contributed by atoms with E-state index in [-0.39, 0.29) is 6.61 Å². The van der Waals surface area contributed by atoms with Crippen molar-refractivity contribution in [2.45, 2.75) is 34.6 Å². The summed E-state index contributed by atoms with van der Waals surface area (Å²) in [6, 6.07) is 3.01. The minimum absolute atomic E-state index is 0.250. The average Bonchev–Trinajstić information content (AvgIpc) is 2.66. The van der Waals surface area contributed by atoms with E-state index in [0.29, 0.717) is 0 Å². The summed E-state index contributed by atoms with van der Waals surface area (Å²) in [6.07, 6.45) is 2.43. The SMILES string of the molecule is CC.CC(C#N)C#N.CC=O.CCO.CNC#N.CNC(N)=O.CO. The van der Waals surface area contributed by atoms with Crippen molar-refractivity contribution in [1.29, 1.82) is 15.8 Å². The molecule has 10 nitrogen and oxygen atoms in total. The third kappa shape index (κ3) is 453. The number of rotatable bonds is 0. The maximum atomic E-state index is 9.48. The van der Waals surface area contributed by atoms with Crippen molar-refractivity contribution >= 4 is 12.3 Å². The zero-order valence-electron chi connectivity index (χ0n) is 16.5. The smallest absolute Gasteiger partial charge is 0.311 e. The molecule has 0 aliphatic rings. The molecule has 0 atom stereocenters. The Morgan fingerprint density at radius 2 is 1.36 bits per heavy atom. The third-order valence-electron chi connectivity index (χ3n) is 0.746. The number of carbonyl (C=O) groups is 2. The van der Waals surface area contributed by atoms with Crippen molar-refractivity contribution in [3.05, 3.63) is 0 Å². The normalized spacial score (nSPS) is 5.28. The summed E-state index contributed by atoms with van der Waals surface area (Å²) in [5, 5.41) is 42.2. The Balaban J connectivity index is -0.0000000315. The molecule has 0 aromatic carbocycles. The maximum Gasteiger partial charge on any atom is 0.311 e. The molecule has 25 heavy (non-hydrogen) atoms. The molecule has 0 aromatic rings. The van der Waals surface area contributed by atoms with Crippen LogP contribution in [0.25, 0.3) is 0 Å². The molecule has 148 valence electrons. The van der Waals surface area contributed by atoms with Gasteiger partial charge < -0.3 is 31.4 Å². The van der Waals surface area contributed by atoms with E-state index in [1.807, 2.05) is 13.8 Å². The largest absolute Gasteiger partial charge is 0.400 e. The van der Waals surface area contributed by atoms with Crippen LogP contribution < -0.4 is 16.4 Å². The molecule has 0 heterocycles. The van der Waals surface area contributed by atoms with Crippen LogP contribution in [0.5, 0.6) is 0 Å². The first-order chi connectivity index (χ1) is 11.8. The van der Waals surface area contributed by atoms with E-state index >= 15 is 0 Å². The van der Waals surface area contributed by atoms with Crippen LogP contribution in [0.3, 0.4) is 0 Å². The molecule has 2 amide bonds. The second-order valence-electron chi connectivity index (χ2n) is 2.51. The molecule has 0 aromatic heterocycles. The molecule has 0 bridgehead atoms. The number of hydrogen-bond donors (Lipinski definition) is 5. The lowest BCUT2D eigenvalue weighted by atomic mass is 10.2. The Bertz CT molecular complexity index is 318. The Morgan fingerprint density at radius 3 is 1.36 bits per heavy atom. The first-order valence-corrected chi connectivity index (χ1v) is 7.10. The van der Waals surface area contributed by atoms with Gasteiger partial charge in [0.05, 0.1) is 12.1 Å². The fourth-order valence-electron chi connectivity index (χ4n) is 0.0289. The minimum Gasteiger partial charge on any atom is -0.400 e. The van der Waals surface area contributed by atoms with Gasteiger partial charge in [0.1, 0.15) is 12.2 Å². The number of primary amides is 1. The van der Waals surface area contributed by atoms with Crippen LogP contribution in [0.15, 0.2) is 0 Å². The summed E-state index contributed by atoms with van der Waals surface area (Å²) in [5.41, 5.74) is 4.54. The second kappa shape index (κ2) is 83.4. The van der Waals surface area contributed by atoms with Gasteiger partial charge in [-0.3, -0.25) is 0 Å². The summed E-state index contributed by atoms with van der Waals surface area (Å²) in [5.74, 6) is -0.454. The Hall–Kier alpha value is -2.87. The van der Waals surface area contributed by atoms with E-state index in [0.717, 1.165) is 13.4 Å². The fourth-order valence-corrected chi connectivity index (χ4v) is 0.0289. The number of nitrogens with one attached hydrogen (secondary N) is 2. The van der Waals surface area contributed by atoms with Crippen molar-refractivity contribution in [3.8, 4) is 18.3 Å². The van der Waals surface area contributed by atoms with Gasteiger partial charge in [-0.2, -0.15) is 15.8 Å². The standard InChI is InChI=1S/C4H4N2.C2H6N2O.C2H4N2.C2H6O.C2H4O.C2H6.CH4O/c1-4(2-5)3-6;1-4-2(3)5;1-4-2-3;2*1-2-3;2*1-2/h4H,1H3;1H3,(H3,3,4,5);4H,1H3;3H,2H2,1H3;2H,1H3;1-2H3;2H,1H3. The van der Waals surface area contributed by atoms with Crippen LogP contribution in [0.1, 0.15) is 34.6 Å². The molecule has 0 fully saturated rings. The van der Waals surface area contributed by atoms with E-state index in [1.54, 1.807) is 39.2 Å². The van der Waals surface area contributed by atoms with Gasteiger partial charge in [0.15, 0.2) is 6.19 Å². The molecule has 10 heteroatoms. The number of nitrogens with two attached hydrogens (primary N) is 1. The Labute approximate surface area is 151 Å². The highest BCUT2D eigenvalue weighted by atomic mass is 16.2. The summed E-state index contributed by atoms with van der Waals surface area (Å²) >= 11 is 0. The molecule has 0 saturated heterocycles. The highest BCUT2D eigenvalue weighted by Crippen LogP contribution is 1.82. The lowest BCUT2D eigenvalue weighted by Crippen LogP contribution is -2.24. The van der Waals surface area contributed by atoms with Gasteiger partial charge in [-0.05, 0) is 20.8 Å². The lowest BCUT2D eigenvalue weighted by molar-refractivity contribution is -0.106. The number of amides is 2. The predicted molar refractivity (Wildman–Crippen MR) is 97.7 cm³/mol. The van der Waals surface area contributed by atoms with E-state index in [9.17, 15) is 4.79 Å². The number of nitriles is 3. The summed E-state index contributed by atoms with van der Waals surface area (Å²) in [7, 11) is 4.04. The summed E-state index contributed by atoms with van der Waals surface area (Å²) in [6.45, 7) is 8.93. The van der Waals surface area contributed by atoms with Crippen LogP contribution in [0, 0.1) is 40.0 Å². The molecule has 0 aliphatic carbocycles. The zero-order chi connectivity index (χ0) is 22.1. The average molecular weight is 362 g/mol. The van der Waals surface area contributed by atoms with E-state index in [4.69, 9.17) is 30.8 Å². The highest BCUT2D eigenvalue weighted by molar-refractivity contribution is 5.71. The van der Waals surface area contributed by atoms with Crippen LogP contribution in [-0.2, 0) is 4.79 Å². The number of aldehydes is 1. The summed E-state index contributed by atoms with van der Waals surface area (Å²) < 4.78 is 0. The van der Waals surface area contributed by atoms with Crippen LogP contribution in [0.4, 0.5) is 4.79 Å². The number of carbonyl (C=O) groups excluding carboxylic acids is 2. The Kier molecular flexibility index (Phi) is 144. The van der Waals surface area contributed by atoms with Crippen molar-refractivity contribution in [1.82, 2.24) is 10.6 Å². The lowest BCUT2D eigenvalue weighted by Gasteiger charge is -1.80. The topological polar surface area (TPSA) is 196 Å². The molecular weight excluding hydrogens is 328 g/mol. The van der Waals surface area contributed by atoms with Gasteiger partial charge in [-0.15, -0.1) is 0 Å². The molecule has 0 spiro atoms.